The summed E-state index contributed by atoms with van der Waals surface area (Å²) in [4.78, 5) is 6.81. The average molecular weight is 301 g/mol. The molecule has 2 unspecified atom stereocenters. The standard InChI is InChI=1S/C16H35N3O2/c1-12(2)20-16(21-13(3)4)17(7)10-14(5)19(9)15(6)11-18(16)8/h12-15H,10-11H2,1-9H3. The van der Waals surface area contributed by atoms with Crippen LogP contribution >= 0.6 is 0 Å². The number of hydrogen-bond acceptors (Lipinski definition) is 5. The molecule has 0 aromatic rings. The van der Waals surface area contributed by atoms with E-state index in [9.17, 15) is 0 Å². The quantitative estimate of drug-likeness (QED) is 0.741. The first-order chi connectivity index (χ1) is 9.60. The minimum atomic E-state index is -0.799. The molecule has 0 aromatic heterocycles. The summed E-state index contributed by atoms with van der Waals surface area (Å²) in [6.07, 6.45) is 0.188. The predicted molar refractivity (Wildman–Crippen MR) is 87.1 cm³/mol. The summed E-state index contributed by atoms with van der Waals surface area (Å²) in [5.41, 5.74) is 0. The monoisotopic (exact) mass is 301 g/mol. The maximum absolute atomic E-state index is 6.29. The van der Waals surface area contributed by atoms with E-state index in [1.54, 1.807) is 0 Å². The lowest BCUT2D eigenvalue weighted by Crippen LogP contribution is -2.68. The van der Waals surface area contributed by atoms with Gasteiger partial charge in [0.05, 0.1) is 12.2 Å². The second-order valence-corrected chi connectivity index (χ2v) is 7.01. The average Bonchev–Trinajstić information content (AvgIpc) is 2.34. The maximum atomic E-state index is 6.29. The summed E-state index contributed by atoms with van der Waals surface area (Å²) in [6.45, 7) is 14.5. The van der Waals surface area contributed by atoms with Gasteiger partial charge in [-0.05, 0) is 62.7 Å². The third-order valence-electron chi connectivity index (χ3n) is 4.21. The zero-order valence-electron chi connectivity index (χ0n) is 15.4. The molecular formula is C16H35N3O2. The van der Waals surface area contributed by atoms with Crippen molar-refractivity contribution in [3.05, 3.63) is 0 Å². The van der Waals surface area contributed by atoms with Crippen LogP contribution in [0.4, 0.5) is 0 Å². The zero-order chi connectivity index (χ0) is 16.4. The van der Waals surface area contributed by atoms with Crippen molar-refractivity contribution in [2.45, 2.75) is 71.9 Å². The molecule has 1 aliphatic heterocycles. The van der Waals surface area contributed by atoms with Crippen molar-refractivity contribution in [2.75, 3.05) is 34.2 Å². The Kier molecular flexibility index (Phi) is 6.62. The normalized spacial score (nSPS) is 29.9. The van der Waals surface area contributed by atoms with Crippen molar-refractivity contribution in [2.24, 2.45) is 0 Å². The Morgan fingerprint density at radius 2 is 1.14 bits per heavy atom. The summed E-state index contributed by atoms with van der Waals surface area (Å²) in [7, 11) is 6.36. The Hall–Kier alpha value is -0.200. The maximum Gasteiger partial charge on any atom is 0.297 e. The minimum Gasteiger partial charge on any atom is -0.322 e. The van der Waals surface area contributed by atoms with Gasteiger partial charge in [0.1, 0.15) is 0 Å². The molecule has 5 nitrogen and oxygen atoms in total. The molecular weight excluding hydrogens is 266 g/mol. The van der Waals surface area contributed by atoms with Gasteiger partial charge in [-0.1, -0.05) is 0 Å². The first-order valence-corrected chi connectivity index (χ1v) is 8.10. The number of ether oxygens (including phenoxy) is 2. The van der Waals surface area contributed by atoms with Gasteiger partial charge in [-0.25, -0.2) is 9.80 Å². The van der Waals surface area contributed by atoms with Crippen LogP contribution in [0.1, 0.15) is 41.5 Å². The van der Waals surface area contributed by atoms with Gasteiger partial charge < -0.3 is 9.47 Å². The molecule has 0 radical (unpaired) electrons. The molecule has 1 rings (SSSR count). The van der Waals surface area contributed by atoms with Crippen molar-refractivity contribution in [3.63, 3.8) is 0 Å². The molecule has 2 atom stereocenters. The fourth-order valence-electron chi connectivity index (χ4n) is 3.01. The number of likely N-dealkylation sites (N-methyl/N-ethyl adjacent to an activating group) is 3. The van der Waals surface area contributed by atoms with Crippen LogP contribution in [0.2, 0.25) is 0 Å². The van der Waals surface area contributed by atoms with Crippen LogP contribution in [0.3, 0.4) is 0 Å². The van der Waals surface area contributed by atoms with Crippen LogP contribution in [0.5, 0.6) is 0 Å². The van der Waals surface area contributed by atoms with E-state index in [4.69, 9.17) is 9.47 Å². The first-order valence-electron chi connectivity index (χ1n) is 8.10. The van der Waals surface area contributed by atoms with Gasteiger partial charge in [0.25, 0.3) is 6.03 Å². The molecule has 0 amide bonds. The third kappa shape index (κ3) is 4.39. The lowest BCUT2D eigenvalue weighted by atomic mass is 10.1. The van der Waals surface area contributed by atoms with Crippen LogP contribution in [-0.4, -0.2) is 79.3 Å². The summed E-state index contributed by atoms with van der Waals surface area (Å²) < 4.78 is 12.6. The summed E-state index contributed by atoms with van der Waals surface area (Å²) in [6, 6.07) is 0.0979. The number of rotatable bonds is 4. The fraction of sp³-hybridized carbons (Fsp3) is 1.00. The van der Waals surface area contributed by atoms with Crippen LogP contribution in [0.25, 0.3) is 0 Å². The van der Waals surface area contributed by atoms with Crippen molar-refractivity contribution in [1.82, 2.24) is 14.7 Å². The first kappa shape index (κ1) is 18.8. The van der Waals surface area contributed by atoms with Crippen LogP contribution in [-0.2, 0) is 9.47 Å². The lowest BCUT2D eigenvalue weighted by Gasteiger charge is -2.52. The molecule has 1 heterocycles. The second kappa shape index (κ2) is 7.38. The van der Waals surface area contributed by atoms with Crippen LogP contribution in [0.15, 0.2) is 0 Å². The Bertz CT molecular complexity index is 293. The molecule has 1 saturated heterocycles. The fourth-order valence-corrected chi connectivity index (χ4v) is 3.01. The highest BCUT2D eigenvalue weighted by molar-refractivity contribution is 4.84. The van der Waals surface area contributed by atoms with E-state index in [-0.39, 0.29) is 12.2 Å². The number of hydrogen-bond donors (Lipinski definition) is 0. The highest BCUT2D eigenvalue weighted by atomic mass is 16.8. The van der Waals surface area contributed by atoms with Gasteiger partial charge in [-0.15, -0.1) is 0 Å². The van der Waals surface area contributed by atoms with Gasteiger partial charge in [0.2, 0.25) is 0 Å². The van der Waals surface area contributed by atoms with E-state index in [2.05, 4.69) is 77.4 Å². The van der Waals surface area contributed by atoms with Crippen molar-refractivity contribution in [1.29, 1.82) is 0 Å². The Morgan fingerprint density at radius 3 is 1.43 bits per heavy atom. The molecule has 0 N–H and O–H groups in total. The Labute approximate surface area is 131 Å². The highest BCUT2D eigenvalue weighted by Gasteiger charge is 2.46. The van der Waals surface area contributed by atoms with Gasteiger partial charge in [-0.2, -0.15) is 0 Å². The highest BCUT2D eigenvalue weighted by Crippen LogP contribution is 2.28. The molecule has 0 aromatic carbocycles. The van der Waals surface area contributed by atoms with E-state index in [0.717, 1.165) is 13.1 Å². The summed E-state index contributed by atoms with van der Waals surface area (Å²) in [5, 5.41) is 0. The molecule has 0 saturated carbocycles. The molecule has 126 valence electrons. The Morgan fingerprint density at radius 1 is 0.810 bits per heavy atom. The SMILES string of the molecule is CC(C)OC1(OC(C)C)N(C)CC(C)N(C)C(C)CN1C. The number of nitrogens with zero attached hydrogens (tertiary/aromatic N) is 3. The van der Waals surface area contributed by atoms with Crippen molar-refractivity contribution in [3.8, 4) is 0 Å². The molecule has 21 heavy (non-hydrogen) atoms. The third-order valence-corrected chi connectivity index (χ3v) is 4.21. The predicted octanol–water partition coefficient (Wildman–Crippen LogP) is 2.03. The van der Waals surface area contributed by atoms with Crippen LogP contribution in [0, 0.1) is 0 Å². The van der Waals surface area contributed by atoms with E-state index < -0.39 is 6.03 Å². The largest absolute Gasteiger partial charge is 0.322 e. The van der Waals surface area contributed by atoms with Gasteiger partial charge in [-0.3, -0.25) is 4.90 Å². The summed E-state index contributed by atoms with van der Waals surface area (Å²) >= 11 is 0. The van der Waals surface area contributed by atoms with E-state index in [1.165, 1.54) is 0 Å². The lowest BCUT2D eigenvalue weighted by molar-refractivity contribution is -0.406. The second-order valence-electron chi connectivity index (χ2n) is 7.01. The molecule has 0 spiro atoms. The van der Waals surface area contributed by atoms with Gasteiger partial charge in [0, 0.05) is 25.2 Å². The summed E-state index contributed by atoms with van der Waals surface area (Å²) in [5.74, 6) is 0. The smallest absolute Gasteiger partial charge is 0.297 e. The van der Waals surface area contributed by atoms with E-state index in [0.29, 0.717) is 12.1 Å². The van der Waals surface area contributed by atoms with E-state index in [1.807, 2.05) is 0 Å². The topological polar surface area (TPSA) is 28.2 Å². The zero-order valence-corrected chi connectivity index (χ0v) is 15.4. The molecule has 0 aliphatic carbocycles. The van der Waals surface area contributed by atoms with Crippen LogP contribution < -0.4 is 0 Å². The molecule has 5 heteroatoms. The van der Waals surface area contributed by atoms with E-state index >= 15 is 0 Å². The molecule has 0 bridgehead atoms. The molecule has 1 aliphatic rings. The van der Waals surface area contributed by atoms with Gasteiger partial charge >= 0.3 is 0 Å². The van der Waals surface area contributed by atoms with Crippen molar-refractivity contribution < 1.29 is 9.47 Å². The Balaban J connectivity index is 3.15. The minimum absolute atomic E-state index is 0.0939. The van der Waals surface area contributed by atoms with Crippen molar-refractivity contribution >= 4 is 0 Å². The molecule has 1 fully saturated rings. The van der Waals surface area contributed by atoms with Gasteiger partial charge in [0.15, 0.2) is 0 Å².